The lowest BCUT2D eigenvalue weighted by Crippen LogP contribution is -2.42. The monoisotopic (exact) mass is 405 g/mol. The summed E-state index contributed by atoms with van der Waals surface area (Å²) in [5.41, 5.74) is 2.86. The third-order valence-electron chi connectivity index (χ3n) is 5.12. The normalized spacial score (nSPS) is 15.4. The van der Waals surface area contributed by atoms with Crippen LogP contribution >= 0.6 is 0 Å². The molecule has 1 aliphatic rings. The highest BCUT2D eigenvalue weighted by molar-refractivity contribution is 5.97. The molecule has 3 heterocycles. The maximum absolute atomic E-state index is 13.2. The zero-order chi connectivity index (χ0) is 21.1. The molecule has 2 aromatic heterocycles. The van der Waals surface area contributed by atoms with Crippen LogP contribution in [0.5, 0.6) is 5.75 Å². The van der Waals surface area contributed by atoms with Crippen molar-refractivity contribution in [2.24, 2.45) is 7.05 Å². The van der Waals surface area contributed by atoms with Crippen LogP contribution in [0.3, 0.4) is 0 Å². The van der Waals surface area contributed by atoms with E-state index in [1.54, 1.807) is 35.0 Å². The van der Waals surface area contributed by atoms with Gasteiger partial charge in [-0.1, -0.05) is 18.2 Å². The van der Waals surface area contributed by atoms with Crippen molar-refractivity contribution in [2.45, 2.75) is 18.9 Å². The maximum Gasteiger partial charge on any atom is 0.235 e. The number of fused-ring (bicyclic) bond motifs is 1. The number of benzene rings is 1. The number of carbonyl (C=O) groups is 2. The minimum atomic E-state index is -0.576. The van der Waals surface area contributed by atoms with Gasteiger partial charge in [0.25, 0.3) is 0 Å². The molecular formula is C22H23N5O3. The summed E-state index contributed by atoms with van der Waals surface area (Å²) in [4.78, 5) is 32.0. The molecule has 3 aromatic rings. The smallest absolute Gasteiger partial charge is 0.235 e. The minimum absolute atomic E-state index is 0.0710. The van der Waals surface area contributed by atoms with Gasteiger partial charge in [0.1, 0.15) is 11.7 Å². The fraction of sp³-hybridized carbons (Fsp3) is 0.273. The van der Waals surface area contributed by atoms with E-state index in [-0.39, 0.29) is 24.8 Å². The fourth-order valence-electron chi connectivity index (χ4n) is 3.68. The summed E-state index contributed by atoms with van der Waals surface area (Å²) in [5, 5.41) is 7.42. The Morgan fingerprint density at radius 2 is 2.00 bits per heavy atom. The molecule has 0 fully saturated rings. The van der Waals surface area contributed by atoms with Crippen LogP contribution in [0.1, 0.15) is 22.9 Å². The number of aromatic nitrogens is 3. The molecule has 0 radical (unpaired) electrons. The third-order valence-corrected chi connectivity index (χ3v) is 5.12. The Kier molecular flexibility index (Phi) is 5.47. The molecule has 0 saturated carbocycles. The van der Waals surface area contributed by atoms with E-state index in [0.29, 0.717) is 29.4 Å². The molecule has 8 heteroatoms. The van der Waals surface area contributed by atoms with Gasteiger partial charge in [-0.05, 0) is 24.3 Å². The van der Waals surface area contributed by atoms with Crippen LogP contribution in [0.15, 0.2) is 54.9 Å². The Hall–Kier alpha value is -3.68. The second kappa shape index (κ2) is 8.36. The molecule has 0 spiro atoms. The first-order valence-corrected chi connectivity index (χ1v) is 9.69. The molecule has 2 amide bonds. The van der Waals surface area contributed by atoms with E-state index in [1.165, 1.54) is 0 Å². The first-order valence-electron chi connectivity index (χ1n) is 9.69. The SMILES string of the molecule is COc1ccccc1NC(=O)[C@H]1CN(C(=O)Cc2ccccn2)Cc2cn(C)nc21. The summed E-state index contributed by atoms with van der Waals surface area (Å²) < 4.78 is 7.01. The van der Waals surface area contributed by atoms with Gasteiger partial charge < -0.3 is 15.0 Å². The summed E-state index contributed by atoms with van der Waals surface area (Å²) in [6.45, 7) is 0.684. The Bertz CT molecular complexity index is 1060. The van der Waals surface area contributed by atoms with Gasteiger partial charge in [0.05, 0.1) is 24.9 Å². The number of nitrogens with zero attached hydrogens (tertiary/aromatic N) is 4. The number of methoxy groups -OCH3 is 1. The van der Waals surface area contributed by atoms with Crippen molar-refractivity contribution < 1.29 is 14.3 Å². The van der Waals surface area contributed by atoms with Gasteiger partial charge in [-0.2, -0.15) is 5.10 Å². The summed E-state index contributed by atoms with van der Waals surface area (Å²) in [6.07, 6.45) is 3.72. The standard InChI is InChI=1S/C22H23N5O3/c1-26-12-15-13-27(20(28)11-16-7-5-6-10-23-16)14-17(21(15)25-26)22(29)24-18-8-3-4-9-19(18)30-2/h3-10,12,17H,11,13-14H2,1-2H3,(H,24,29)/t17-/m0/s1. The number of para-hydroxylation sites is 2. The van der Waals surface area contributed by atoms with Gasteiger partial charge in [0, 0.05) is 43.8 Å². The molecule has 30 heavy (non-hydrogen) atoms. The molecule has 1 aromatic carbocycles. The van der Waals surface area contributed by atoms with Crippen LogP contribution in [0.25, 0.3) is 0 Å². The number of anilines is 1. The number of aryl methyl sites for hydroxylation is 1. The summed E-state index contributed by atoms with van der Waals surface area (Å²) >= 11 is 0. The maximum atomic E-state index is 13.2. The summed E-state index contributed by atoms with van der Waals surface area (Å²) in [5.74, 6) is -0.299. The van der Waals surface area contributed by atoms with Crippen molar-refractivity contribution in [3.05, 3.63) is 71.8 Å². The van der Waals surface area contributed by atoms with Crippen molar-refractivity contribution in [2.75, 3.05) is 19.0 Å². The molecular weight excluding hydrogens is 382 g/mol. The zero-order valence-corrected chi connectivity index (χ0v) is 16.9. The Morgan fingerprint density at radius 1 is 1.20 bits per heavy atom. The quantitative estimate of drug-likeness (QED) is 0.702. The van der Waals surface area contributed by atoms with Crippen molar-refractivity contribution in [1.29, 1.82) is 0 Å². The molecule has 1 atom stereocenters. The van der Waals surface area contributed by atoms with Crippen LogP contribution in [0, 0.1) is 0 Å². The second-order valence-electron chi connectivity index (χ2n) is 7.23. The van der Waals surface area contributed by atoms with Crippen LogP contribution in [0.4, 0.5) is 5.69 Å². The minimum Gasteiger partial charge on any atom is -0.495 e. The number of pyridine rings is 1. The molecule has 1 N–H and O–H groups in total. The van der Waals surface area contributed by atoms with Crippen molar-refractivity contribution >= 4 is 17.5 Å². The largest absolute Gasteiger partial charge is 0.495 e. The second-order valence-corrected chi connectivity index (χ2v) is 7.23. The highest BCUT2D eigenvalue weighted by Gasteiger charge is 2.35. The van der Waals surface area contributed by atoms with Crippen LogP contribution in [-0.4, -0.2) is 45.1 Å². The van der Waals surface area contributed by atoms with E-state index in [1.807, 2.05) is 43.6 Å². The lowest BCUT2D eigenvalue weighted by molar-refractivity contribution is -0.132. The highest BCUT2D eigenvalue weighted by Crippen LogP contribution is 2.30. The predicted octanol–water partition coefficient (Wildman–Crippen LogP) is 2.13. The van der Waals surface area contributed by atoms with E-state index < -0.39 is 5.92 Å². The van der Waals surface area contributed by atoms with Gasteiger partial charge in [0.2, 0.25) is 11.8 Å². The van der Waals surface area contributed by atoms with E-state index in [9.17, 15) is 9.59 Å². The van der Waals surface area contributed by atoms with Gasteiger partial charge in [-0.25, -0.2) is 0 Å². The molecule has 0 saturated heterocycles. The number of rotatable bonds is 5. The van der Waals surface area contributed by atoms with E-state index in [0.717, 1.165) is 5.56 Å². The van der Waals surface area contributed by atoms with Gasteiger partial charge >= 0.3 is 0 Å². The lowest BCUT2D eigenvalue weighted by atomic mass is 9.95. The third kappa shape index (κ3) is 4.03. The molecule has 0 aliphatic carbocycles. The Labute approximate surface area is 174 Å². The fourth-order valence-corrected chi connectivity index (χ4v) is 3.68. The molecule has 0 bridgehead atoms. The van der Waals surface area contributed by atoms with Crippen molar-refractivity contribution in [3.63, 3.8) is 0 Å². The number of amides is 2. The topological polar surface area (TPSA) is 89.4 Å². The summed E-state index contributed by atoms with van der Waals surface area (Å²) in [7, 11) is 3.37. The van der Waals surface area contributed by atoms with E-state index >= 15 is 0 Å². The average Bonchev–Trinajstić information content (AvgIpc) is 3.14. The van der Waals surface area contributed by atoms with Crippen molar-refractivity contribution in [3.8, 4) is 5.75 Å². The van der Waals surface area contributed by atoms with Crippen molar-refractivity contribution in [1.82, 2.24) is 19.7 Å². The lowest BCUT2D eigenvalue weighted by Gasteiger charge is -2.31. The molecule has 4 rings (SSSR count). The molecule has 1 aliphatic heterocycles. The Balaban J connectivity index is 1.57. The van der Waals surface area contributed by atoms with Crippen LogP contribution in [-0.2, 0) is 29.6 Å². The molecule has 8 nitrogen and oxygen atoms in total. The van der Waals surface area contributed by atoms with E-state index in [2.05, 4.69) is 15.4 Å². The van der Waals surface area contributed by atoms with Gasteiger partial charge in [-0.3, -0.25) is 19.3 Å². The number of ether oxygens (including phenoxy) is 1. The Morgan fingerprint density at radius 3 is 2.77 bits per heavy atom. The van der Waals surface area contributed by atoms with Crippen LogP contribution < -0.4 is 10.1 Å². The van der Waals surface area contributed by atoms with E-state index in [4.69, 9.17) is 4.74 Å². The molecule has 0 unspecified atom stereocenters. The number of nitrogens with one attached hydrogen (secondary N) is 1. The zero-order valence-electron chi connectivity index (χ0n) is 16.9. The highest BCUT2D eigenvalue weighted by atomic mass is 16.5. The first kappa shape index (κ1) is 19.6. The summed E-state index contributed by atoms with van der Waals surface area (Å²) in [6, 6.07) is 12.7. The average molecular weight is 405 g/mol. The first-order chi connectivity index (χ1) is 14.5. The molecule has 154 valence electrons. The van der Waals surface area contributed by atoms with Gasteiger partial charge in [-0.15, -0.1) is 0 Å². The number of carbonyl (C=O) groups excluding carboxylic acids is 2. The predicted molar refractivity (Wildman–Crippen MR) is 111 cm³/mol. The van der Waals surface area contributed by atoms with Crippen LogP contribution in [0.2, 0.25) is 0 Å². The van der Waals surface area contributed by atoms with Gasteiger partial charge in [0.15, 0.2) is 0 Å². The number of hydrogen-bond donors (Lipinski definition) is 1. The number of hydrogen-bond acceptors (Lipinski definition) is 5.